The van der Waals surface area contributed by atoms with Gasteiger partial charge in [0.2, 0.25) is 0 Å². The van der Waals surface area contributed by atoms with E-state index in [2.05, 4.69) is 5.32 Å². The number of nitrogens with one attached hydrogen (secondary N) is 1. The first-order chi connectivity index (χ1) is 9.72. The van der Waals surface area contributed by atoms with Crippen LogP contribution >= 0.6 is 0 Å². The van der Waals surface area contributed by atoms with Crippen LogP contribution in [0, 0.1) is 11.8 Å². The van der Waals surface area contributed by atoms with E-state index >= 15 is 0 Å². The van der Waals surface area contributed by atoms with Crippen LogP contribution in [0.5, 0.6) is 0 Å². The Balaban J connectivity index is 1.56. The number of carbonyl (C=O) groups excluding carboxylic acids is 1. The smallest absolute Gasteiger partial charge is 0.317 e. The molecule has 0 spiro atoms. The Hall–Kier alpha value is -0.810. The molecule has 0 bridgehead atoms. The van der Waals surface area contributed by atoms with Gasteiger partial charge in [0, 0.05) is 32.8 Å². The molecule has 0 aromatic heterocycles. The van der Waals surface area contributed by atoms with Crippen LogP contribution in [0.2, 0.25) is 0 Å². The van der Waals surface area contributed by atoms with Crippen molar-refractivity contribution < 1.29 is 14.6 Å². The highest BCUT2D eigenvalue weighted by Gasteiger charge is 2.29. The zero-order chi connectivity index (χ0) is 14.4. The minimum absolute atomic E-state index is 0.0313. The fourth-order valence-corrected chi connectivity index (χ4v) is 3.18. The van der Waals surface area contributed by atoms with E-state index in [1.54, 1.807) is 0 Å². The van der Waals surface area contributed by atoms with Crippen molar-refractivity contribution in [3.05, 3.63) is 0 Å². The van der Waals surface area contributed by atoms with Crippen molar-refractivity contribution in [3.63, 3.8) is 0 Å². The van der Waals surface area contributed by atoms with Crippen LogP contribution in [0.4, 0.5) is 4.79 Å². The third kappa shape index (κ3) is 4.35. The molecule has 2 rings (SSSR count). The van der Waals surface area contributed by atoms with Crippen molar-refractivity contribution in [2.24, 2.45) is 11.8 Å². The first-order valence-corrected chi connectivity index (χ1v) is 7.98. The van der Waals surface area contributed by atoms with Gasteiger partial charge in [-0.05, 0) is 50.9 Å². The van der Waals surface area contributed by atoms with Crippen molar-refractivity contribution in [1.82, 2.24) is 10.2 Å². The Morgan fingerprint density at radius 3 is 2.90 bits per heavy atom. The summed E-state index contributed by atoms with van der Waals surface area (Å²) < 4.78 is 5.54. The average molecular weight is 284 g/mol. The molecule has 2 N–H and O–H groups in total. The predicted molar refractivity (Wildman–Crippen MR) is 77.5 cm³/mol. The van der Waals surface area contributed by atoms with Crippen LogP contribution in [0.25, 0.3) is 0 Å². The molecule has 1 aliphatic heterocycles. The summed E-state index contributed by atoms with van der Waals surface area (Å²) in [5.74, 6) is 0.964. The van der Waals surface area contributed by atoms with E-state index in [-0.39, 0.29) is 18.6 Å². The fourth-order valence-electron chi connectivity index (χ4n) is 3.18. The lowest BCUT2D eigenvalue weighted by Gasteiger charge is -2.35. The number of rotatable bonds is 6. The summed E-state index contributed by atoms with van der Waals surface area (Å²) in [6.45, 7) is 5.28. The van der Waals surface area contributed by atoms with E-state index in [4.69, 9.17) is 4.74 Å². The number of urea groups is 1. The van der Waals surface area contributed by atoms with Crippen LogP contribution in [-0.4, -0.2) is 55.0 Å². The van der Waals surface area contributed by atoms with Gasteiger partial charge in [-0.15, -0.1) is 0 Å². The molecule has 1 saturated carbocycles. The number of ether oxygens (including phenoxy) is 1. The maximum Gasteiger partial charge on any atom is 0.317 e. The third-order valence-corrected chi connectivity index (χ3v) is 4.49. The molecule has 1 saturated heterocycles. The second-order valence-electron chi connectivity index (χ2n) is 6.07. The Bertz CT molecular complexity index is 305. The SMILES string of the molecule is CCOC1CC(CCNC(=O)N2CCC[C@@H](CO)C2)C1. The van der Waals surface area contributed by atoms with Crippen LogP contribution in [0.1, 0.15) is 39.0 Å². The lowest BCUT2D eigenvalue weighted by molar-refractivity contribution is -0.0261. The van der Waals surface area contributed by atoms with Crippen LogP contribution in [0.3, 0.4) is 0 Å². The molecule has 20 heavy (non-hydrogen) atoms. The molecule has 1 heterocycles. The molecule has 5 nitrogen and oxygen atoms in total. The van der Waals surface area contributed by atoms with Gasteiger partial charge >= 0.3 is 6.03 Å². The van der Waals surface area contributed by atoms with Crippen molar-refractivity contribution in [2.75, 3.05) is 32.8 Å². The standard InChI is InChI=1S/C15H28N2O3/c1-2-20-14-8-12(9-14)5-6-16-15(19)17-7-3-4-13(10-17)11-18/h12-14,18H,2-11H2,1H3,(H,16,19)/t12?,13-,14?/m1/s1. The van der Waals surface area contributed by atoms with Gasteiger partial charge in [-0.25, -0.2) is 4.79 Å². The highest BCUT2D eigenvalue weighted by atomic mass is 16.5. The number of amides is 2. The molecule has 2 aliphatic rings. The molecular formula is C15H28N2O3. The maximum atomic E-state index is 12.0. The summed E-state index contributed by atoms with van der Waals surface area (Å²) in [7, 11) is 0. The highest BCUT2D eigenvalue weighted by Crippen LogP contribution is 2.32. The second kappa shape index (κ2) is 7.84. The van der Waals surface area contributed by atoms with E-state index in [9.17, 15) is 9.90 Å². The molecular weight excluding hydrogens is 256 g/mol. The number of nitrogens with zero attached hydrogens (tertiary/aromatic N) is 1. The van der Waals surface area contributed by atoms with E-state index in [0.717, 1.165) is 51.8 Å². The van der Waals surface area contributed by atoms with Crippen molar-refractivity contribution in [2.45, 2.75) is 45.1 Å². The highest BCUT2D eigenvalue weighted by molar-refractivity contribution is 5.74. The van der Waals surface area contributed by atoms with Crippen molar-refractivity contribution in [3.8, 4) is 0 Å². The van der Waals surface area contributed by atoms with Crippen molar-refractivity contribution >= 4 is 6.03 Å². The van der Waals surface area contributed by atoms with Gasteiger partial charge in [0.05, 0.1) is 6.10 Å². The number of aliphatic hydroxyl groups excluding tert-OH is 1. The summed E-state index contributed by atoms with van der Waals surface area (Å²) in [5.41, 5.74) is 0. The molecule has 116 valence electrons. The second-order valence-corrected chi connectivity index (χ2v) is 6.07. The summed E-state index contributed by atoms with van der Waals surface area (Å²) in [6, 6.07) is 0.0313. The Morgan fingerprint density at radius 1 is 1.40 bits per heavy atom. The largest absolute Gasteiger partial charge is 0.396 e. The van der Waals surface area contributed by atoms with Gasteiger partial charge in [-0.3, -0.25) is 0 Å². The third-order valence-electron chi connectivity index (χ3n) is 4.49. The molecule has 5 heteroatoms. The molecule has 1 aliphatic carbocycles. The molecule has 0 unspecified atom stereocenters. The van der Waals surface area contributed by atoms with Crippen LogP contribution < -0.4 is 5.32 Å². The zero-order valence-electron chi connectivity index (χ0n) is 12.5. The first-order valence-electron chi connectivity index (χ1n) is 7.98. The molecule has 2 amide bonds. The molecule has 2 fully saturated rings. The molecule has 1 atom stereocenters. The summed E-state index contributed by atoms with van der Waals surface area (Å²) in [4.78, 5) is 13.9. The van der Waals surface area contributed by atoms with Gasteiger partial charge in [0.15, 0.2) is 0 Å². The first kappa shape index (κ1) is 15.6. The van der Waals surface area contributed by atoms with Crippen molar-refractivity contribution in [1.29, 1.82) is 0 Å². The number of aliphatic hydroxyl groups is 1. The normalized spacial score (nSPS) is 29.9. The number of hydrogen-bond acceptors (Lipinski definition) is 3. The van der Waals surface area contributed by atoms with Gasteiger partial charge in [-0.1, -0.05) is 0 Å². The minimum Gasteiger partial charge on any atom is -0.396 e. The van der Waals surface area contributed by atoms with Crippen LogP contribution in [-0.2, 0) is 4.74 Å². The maximum absolute atomic E-state index is 12.0. The Kier molecular flexibility index (Phi) is 6.10. The number of likely N-dealkylation sites (tertiary alicyclic amines) is 1. The Morgan fingerprint density at radius 2 is 2.20 bits per heavy atom. The molecule has 0 aromatic carbocycles. The minimum atomic E-state index is 0.0313. The number of piperidine rings is 1. The van der Waals surface area contributed by atoms with Gasteiger partial charge in [0.1, 0.15) is 0 Å². The summed E-state index contributed by atoms with van der Waals surface area (Å²) in [6.07, 6.45) is 5.80. The number of hydrogen-bond donors (Lipinski definition) is 2. The summed E-state index contributed by atoms with van der Waals surface area (Å²) >= 11 is 0. The quantitative estimate of drug-likeness (QED) is 0.779. The predicted octanol–water partition coefficient (Wildman–Crippen LogP) is 1.61. The van der Waals surface area contributed by atoms with Crippen LogP contribution in [0.15, 0.2) is 0 Å². The van der Waals surface area contributed by atoms with E-state index in [1.807, 2.05) is 11.8 Å². The van der Waals surface area contributed by atoms with Gasteiger partial charge < -0.3 is 20.1 Å². The molecule has 0 aromatic rings. The summed E-state index contributed by atoms with van der Waals surface area (Å²) in [5, 5.41) is 12.2. The molecule has 0 radical (unpaired) electrons. The Labute approximate surface area is 121 Å². The van der Waals surface area contributed by atoms with Gasteiger partial charge in [0.25, 0.3) is 0 Å². The lowest BCUT2D eigenvalue weighted by Crippen LogP contribution is -2.46. The van der Waals surface area contributed by atoms with E-state index < -0.39 is 0 Å². The number of carbonyl (C=O) groups is 1. The average Bonchev–Trinajstić information content (AvgIpc) is 2.44. The monoisotopic (exact) mass is 284 g/mol. The lowest BCUT2D eigenvalue weighted by atomic mass is 9.80. The fraction of sp³-hybridized carbons (Fsp3) is 0.933. The van der Waals surface area contributed by atoms with Gasteiger partial charge in [-0.2, -0.15) is 0 Å². The van der Waals surface area contributed by atoms with E-state index in [0.29, 0.717) is 18.6 Å². The zero-order valence-corrected chi connectivity index (χ0v) is 12.5. The van der Waals surface area contributed by atoms with E-state index in [1.165, 1.54) is 0 Å². The topological polar surface area (TPSA) is 61.8 Å².